The Morgan fingerprint density at radius 3 is 2.69 bits per heavy atom. The second-order valence-electron chi connectivity index (χ2n) is 5.30. The normalized spacial score (nSPS) is 10.5. The molecule has 8 nitrogen and oxygen atoms in total. The number of aliphatic carboxylic acids is 1. The molecule has 2 aromatic heterocycles. The molecule has 2 heterocycles. The van der Waals surface area contributed by atoms with Gasteiger partial charge in [0.15, 0.2) is 0 Å². The summed E-state index contributed by atoms with van der Waals surface area (Å²) in [5, 5.41) is 24.0. The van der Waals surface area contributed by atoms with Crippen molar-refractivity contribution in [3.05, 3.63) is 64.0 Å². The van der Waals surface area contributed by atoms with E-state index < -0.39 is 24.0 Å². The van der Waals surface area contributed by atoms with Gasteiger partial charge in [0.2, 0.25) is 0 Å². The number of carbonyl (C=O) groups excluding carboxylic acids is 1. The van der Waals surface area contributed by atoms with Crippen molar-refractivity contribution in [2.75, 3.05) is 5.32 Å². The molecule has 0 unspecified atom stereocenters. The van der Waals surface area contributed by atoms with Crippen LogP contribution in [-0.4, -0.2) is 31.6 Å². The minimum atomic E-state index is -1.18. The van der Waals surface area contributed by atoms with Crippen molar-refractivity contribution in [3.63, 3.8) is 0 Å². The smallest absolute Gasteiger partial charge is 0.323 e. The molecule has 0 aliphatic heterocycles. The van der Waals surface area contributed by atoms with Crippen molar-refractivity contribution in [2.45, 2.75) is 6.54 Å². The number of benzene rings is 1. The Morgan fingerprint density at radius 1 is 1.23 bits per heavy atom. The minimum Gasteiger partial charge on any atom is -0.507 e. The molecular weight excluding hydrogens is 358 g/mol. The molecule has 3 N–H and O–H groups in total. The van der Waals surface area contributed by atoms with Crippen LogP contribution >= 0.6 is 11.3 Å². The van der Waals surface area contributed by atoms with Crippen LogP contribution in [-0.2, 0) is 11.3 Å². The summed E-state index contributed by atoms with van der Waals surface area (Å²) in [4.78, 5) is 38.9. The number of amides is 1. The minimum absolute atomic E-state index is 0.0429. The summed E-state index contributed by atoms with van der Waals surface area (Å²) < 4.78 is 0.962. The van der Waals surface area contributed by atoms with Gasteiger partial charge >= 0.3 is 5.97 Å². The summed E-state index contributed by atoms with van der Waals surface area (Å²) in [6.07, 6.45) is 2.87. The van der Waals surface area contributed by atoms with E-state index in [4.69, 9.17) is 5.11 Å². The van der Waals surface area contributed by atoms with E-state index in [0.717, 1.165) is 10.6 Å². The quantitative estimate of drug-likeness (QED) is 0.631. The van der Waals surface area contributed by atoms with Crippen molar-refractivity contribution in [1.29, 1.82) is 0 Å². The Labute approximate surface area is 151 Å². The first kappa shape index (κ1) is 17.4. The Kier molecular flexibility index (Phi) is 4.81. The van der Waals surface area contributed by atoms with Gasteiger partial charge in [-0.3, -0.25) is 14.4 Å². The number of hydrogen-bond acceptors (Lipinski definition) is 6. The van der Waals surface area contributed by atoms with E-state index in [9.17, 15) is 19.5 Å². The standard InChI is InChI=1S/C17H13N3O5S/c21-13-7-10(17-18-5-6-26-17)1-3-12(13)16(25)19-11-2-4-14(22)20(8-11)9-15(23)24/h1-8,21H,9H2,(H,19,25)(H,23,24). The average Bonchev–Trinajstić information content (AvgIpc) is 3.12. The number of hydrogen-bond donors (Lipinski definition) is 3. The zero-order valence-electron chi connectivity index (χ0n) is 13.2. The molecule has 0 saturated heterocycles. The fraction of sp³-hybridized carbons (Fsp3) is 0.0588. The van der Waals surface area contributed by atoms with Gasteiger partial charge in [0.25, 0.3) is 11.5 Å². The summed E-state index contributed by atoms with van der Waals surface area (Å²) in [7, 11) is 0. The zero-order valence-corrected chi connectivity index (χ0v) is 14.1. The van der Waals surface area contributed by atoms with Crippen molar-refractivity contribution in [2.24, 2.45) is 0 Å². The summed E-state index contributed by atoms with van der Waals surface area (Å²) in [5.41, 5.74) is 0.464. The Balaban J connectivity index is 1.82. The molecule has 26 heavy (non-hydrogen) atoms. The van der Waals surface area contributed by atoms with Crippen molar-refractivity contribution < 1.29 is 19.8 Å². The Hall–Kier alpha value is -3.46. The van der Waals surface area contributed by atoms with Gasteiger partial charge < -0.3 is 20.1 Å². The van der Waals surface area contributed by atoms with E-state index in [0.29, 0.717) is 10.6 Å². The lowest BCUT2D eigenvalue weighted by molar-refractivity contribution is -0.137. The van der Waals surface area contributed by atoms with Gasteiger partial charge in [-0.2, -0.15) is 0 Å². The van der Waals surface area contributed by atoms with Crippen LogP contribution in [0.15, 0.2) is 52.9 Å². The van der Waals surface area contributed by atoms with E-state index in [-0.39, 0.29) is 17.0 Å². The van der Waals surface area contributed by atoms with Crippen LogP contribution < -0.4 is 10.9 Å². The van der Waals surface area contributed by atoms with Gasteiger partial charge in [0.05, 0.1) is 11.3 Å². The topological polar surface area (TPSA) is 122 Å². The molecular formula is C17H13N3O5S. The summed E-state index contributed by atoms with van der Waals surface area (Å²) in [5.74, 6) is -1.98. The van der Waals surface area contributed by atoms with Crippen LogP contribution in [0.4, 0.5) is 5.69 Å². The first-order chi connectivity index (χ1) is 12.4. The molecule has 0 radical (unpaired) electrons. The molecule has 9 heteroatoms. The monoisotopic (exact) mass is 371 g/mol. The number of carboxylic acid groups (broad SMARTS) is 1. The molecule has 0 aliphatic carbocycles. The highest BCUT2D eigenvalue weighted by atomic mass is 32.1. The van der Waals surface area contributed by atoms with Crippen molar-refractivity contribution in [1.82, 2.24) is 9.55 Å². The highest BCUT2D eigenvalue weighted by Crippen LogP contribution is 2.28. The van der Waals surface area contributed by atoms with Gasteiger partial charge in [0.1, 0.15) is 17.3 Å². The third kappa shape index (κ3) is 3.78. The van der Waals surface area contributed by atoms with Crippen molar-refractivity contribution >= 4 is 28.9 Å². The lowest BCUT2D eigenvalue weighted by atomic mass is 10.1. The number of aromatic hydroxyl groups is 1. The van der Waals surface area contributed by atoms with Gasteiger partial charge in [-0.15, -0.1) is 11.3 Å². The average molecular weight is 371 g/mol. The van der Waals surface area contributed by atoms with E-state index >= 15 is 0 Å². The van der Waals surface area contributed by atoms with E-state index in [1.807, 2.05) is 0 Å². The molecule has 0 saturated carbocycles. The molecule has 1 amide bonds. The second-order valence-corrected chi connectivity index (χ2v) is 6.20. The number of anilines is 1. The zero-order chi connectivity index (χ0) is 18.7. The third-order valence-corrected chi connectivity index (χ3v) is 4.29. The van der Waals surface area contributed by atoms with E-state index in [2.05, 4.69) is 10.3 Å². The second kappa shape index (κ2) is 7.19. The number of phenolic OH excluding ortho intramolecular Hbond substituents is 1. The predicted molar refractivity (Wildman–Crippen MR) is 95.5 cm³/mol. The molecule has 0 atom stereocenters. The molecule has 132 valence electrons. The first-order valence-corrected chi connectivity index (χ1v) is 8.28. The summed E-state index contributed by atoms with van der Waals surface area (Å²) in [6, 6.07) is 7.09. The lowest BCUT2D eigenvalue weighted by Gasteiger charge is -2.09. The molecule has 0 bridgehead atoms. The van der Waals surface area contributed by atoms with Crippen LogP contribution in [0, 0.1) is 0 Å². The fourth-order valence-electron chi connectivity index (χ4n) is 2.30. The number of aromatic nitrogens is 2. The largest absolute Gasteiger partial charge is 0.507 e. The number of pyridine rings is 1. The number of phenols is 1. The van der Waals surface area contributed by atoms with Crippen LogP contribution in [0.25, 0.3) is 10.6 Å². The van der Waals surface area contributed by atoms with Gasteiger partial charge in [-0.25, -0.2) is 4.98 Å². The number of thiazole rings is 1. The number of nitrogens with zero attached hydrogens (tertiary/aromatic N) is 2. The summed E-state index contributed by atoms with van der Waals surface area (Å²) >= 11 is 1.41. The van der Waals surface area contributed by atoms with Gasteiger partial charge in [-0.1, -0.05) is 6.07 Å². The molecule has 1 aromatic carbocycles. The van der Waals surface area contributed by atoms with Crippen LogP contribution in [0.5, 0.6) is 5.75 Å². The van der Waals surface area contributed by atoms with Gasteiger partial charge in [-0.05, 0) is 18.2 Å². The maximum absolute atomic E-state index is 12.4. The fourth-order valence-corrected chi connectivity index (χ4v) is 2.93. The maximum atomic E-state index is 12.4. The lowest BCUT2D eigenvalue weighted by Crippen LogP contribution is -2.24. The van der Waals surface area contributed by atoms with E-state index in [1.165, 1.54) is 35.7 Å². The molecule has 3 aromatic rings. The number of carboxylic acids is 1. The van der Waals surface area contributed by atoms with Crippen molar-refractivity contribution in [3.8, 4) is 16.3 Å². The Morgan fingerprint density at radius 2 is 2.04 bits per heavy atom. The summed E-state index contributed by atoms with van der Waals surface area (Å²) in [6.45, 7) is -0.518. The number of nitrogens with one attached hydrogen (secondary N) is 1. The van der Waals surface area contributed by atoms with Crippen LogP contribution in [0.2, 0.25) is 0 Å². The van der Waals surface area contributed by atoms with Crippen LogP contribution in [0.1, 0.15) is 10.4 Å². The molecule has 0 fully saturated rings. The SMILES string of the molecule is O=C(O)Cn1cc(NC(=O)c2ccc(-c3nccs3)cc2O)ccc1=O. The highest BCUT2D eigenvalue weighted by Gasteiger charge is 2.14. The van der Waals surface area contributed by atoms with Gasteiger partial charge in [0, 0.05) is 29.4 Å². The predicted octanol–water partition coefficient (Wildman–Crippen LogP) is 2.01. The Bertz CT molecular complexity index is 1030. The maximum Gasteiger partial charge on any atom is 0.323 e. The third-order valence-electron chi connectivity index (χ3n) is 3.47. The van der Waals surface area contributed by atoms with Crippen LogP contribution in [0.3, 0.4) is 0 Å². The molecule has 0 spiro atoms. The van der Waals surface area contributed by atoms with E-state index in [1.54, 1.807) is 17.6 Å². The molecule has 3 rings (SSSR count). The highest BCUT2D eigenvalue weighted by molar-refractivity contribution is 7.13. The first-order valence-electron chi connectivity index (χ1n) is 7.40. The number of rotatable bonds is 5. The number of carbonyl (C=O) groups is 2. The molecule has 0 aliphatic rings.